The van der Waals surface area contributed by atoms with Crippen LogP contribution in [-0.2, 0) is 16.0 Å². The lowest BCUT2D eigenvalue weighted by Crippen LogP contribution is -2.50. The molecule has 1 saturated heterocycles. The number of hydrogen-bond acceptors (Lipinski definition) is 7. The number of carbonyl (C=O) groups is 2. The summed E-state index contributed by atoms with van der Waals surface area (Å²) >= 11 is 0. The maximum atomic E-state index is 13.0. The molecule has 2 atom stereocenters. The fourth-order valence-electron chi connectivity index (χ4n) is 3.78. The number of rotatable bonds is 8. The van der Waals surface area contributed by atoms with Crippen molar-refractivity contribution in [1.29, 1.82) is 5.26 Å². The van der Waals surface area contributed by atoms with E-state index in [1.54, 1.807) is 42.4 Å². The van der Waals surface area contributed by atoms with Crippen LogP contribution in [0.1, 0.15) is 45.6 Å². The lowest BCUT2D eigenvalue weighted by Gasteiger charge is -2.35. The van der Waals surface area contributed by atoms with E-state index >= 15 is 0 Å². The second kappa shape index (κ2) is 12.4. The Morgan fingerprint density at radius 2 is 1.97 bits per heavy atom. The molecule has 1 heterocycles. The smallest absolute Gasteiger partial charge is 0.475 e. The van der Waals surface area contributed by atoms with Gasteiger partial charge in [0.2, 0.25) is 0 Å². The molecule has 1 aromatic rings. The van der Waals surface area contributed by atoms with Crippen LogP contribution < -0.4 is 10.1 Å². The summed E-state index contributed by atoms with van der Waals surface area (Å²) in [6.45, 7) is 6.17. The highest BCUT2D eigenvalue weighted by atomic mass is 16.5. The van der Waals surface area contributed by atoms with Gasteiger partial charge in [-0.15, -0.1) is 0 Å². The molecule has 9 nitrogen and oxygen atoms in total. The number of amides is 2. The van der Waals surface area contributed by atoms with Crippen molar-refractivity contribution < 1.29 is 29.1 Å². The molecule has 0 spiro atoms. The van der Waals surface area contributed by atoms with Crippen molar-refractivity contribution in [1.82, 2.24) is 10.2 Å². The fourth-order valence-corrected chi connectivity index (χ4v) is 3.78. The van der Waals surface area contributed by atoms with Crippen molar-refractivity contribution in [3.8, 4) is 11.8 Å². The van der Waals surface area contributed by atoms with Gasteiger partial charge in [-0.3, -0.25) is 4.79 Å². The molecule has 184 valence electrons. The zero-order chi connectivity index (χ0) is 25.3. The minimum Gasteiger partial charge on any atom is -0.497 e. The first-order valence-corrected chi connectivity index (χ1v) is 11.4. The highest BCUT2D eigenvalue weighted by Crippen LogP contribution is 2.23. The molecule has 0 aromatic heterocycles. The summed E-state index contributed by atoms with van der Waals surface area (Å²) in [7, 11) is -0.237. The summed E-state index contributed by atoms with van der Waals surface area (Å²) in [6, 6.07) is 8.66. The van der Waals surface area contributed by atoms with Crippen molar-refractivity contribution in [3.05, 3.63) is 41.5 Å². The highest BCUT2D eigenvalue weighted by molar-refractivity contribution is 6.43. The summed E-state index contributed by atoms with van der Waals surface area (Å²) in [5.41, 5.74) is 0.525. The molecule has 0 bridgehead atoms. The quantitative estimate of drug-likeness (QED) is 0.301. The van der Waals surface area contributed by atoms with E-state index in [1.165, 1.54) is 0 Å². The molecule has 0 unspecified atom stereocenters. The number of piperidine rings is 1. The predicted octanol–water partition coefficient (Wildman–Crippen LogP) is 2.22. The third-order valence-electron chi connectivity index (χ3n) is 5.50. The van der Waals surface area contributed by atoms with Crippen LogP contribution in [0.4, 0.5) is 4.79 Å². The summed E-state index contributed by atoms with van der Waals surface area (Å²) in [6.07, 6.45) is 3.35. The van der Waals surface area contributed by atoms with Crippen molar-refractivity contribution >= 4 is 19.1 Å². The predicted molar refractivity (Wildman–Crippen MR) is 128 cm³/mol. The Kier molecular flexibility index (Phi) is 9.96. The van der Waals surface area contributed by atoms with Gasteiger partial charge < -0.3 is 29.7 Å². The third-order valence-corrected chi connectivity index (χ3v) is 5.50. The number of nitrogens with one attached hydrogen (secondary N) is 1. The molecular formula is C24H34BN3O6. The van der Waals surface area contributed by atoms with Crippen LogP contribution >= 0.6 is 0 Å². The number of alkyl carbamates (subject to hydrolysis) is 1. The molecule has 1 fully saturated rings. The van der Waals surface area contributed by atoms with E-state index in [2.05, 4.69) is 5.32 Å². The molecule has 0 radical (unpaired) electrons. The molecule has 0 saturated carbocycles. The van der Waals surface area contributed by atoms with Crippen LogP contribution in [0.5, 0.6) is 5.75 Å². The van der Waals surface area contributed by atoms with E-state index in [4.69, 9.17) is 9.47 Å². The highest BCUT2D eigenvalue weighted by Gasteiger charge is 2.31. The Bertz CT molecular complexity index is 905. The number of ether oxygens (including phenoxy) is 2. The normalized spacial score (nSPS) is 17.4. The molecule has 1 aromatic carbocycles. The Hall–Kier alpha value is -3.03. The van der Waals surface area contributed by atoms with Crippen molar-refractivity contribution in [2.24, 2.45) is 5.41 Å². The zero-order valence-electron chi connectivity index (χ0n) is 20.3. The number of likely N-dealkylation sites (tertiary alicyclic amines) is 1. The zero-order valence-corrected chi connectivity index (χ0v) is 20.3. The number of methoxy groups -OCH3 is 1. The summed E-state index contributed by atoms with van der Waals surface area (Å²) in [5.74, 6) is -0.681. The first kappa shape index (κ1) is 27.2. The van der Waals surface area contributed by atoms with Gasteiger partial charge in [-0.25, -0.2) is 4.79 Å². The Morgan fingerprint density at radius 1 is 1.29 bits per heavy atom. The molecule has 3 N–H and O–H groups in total. The topological polar surface area (TPSA) is 132 Å². The van der Waals surface area contributed by atoms with Gasteiger partial charge in [0, 0.05) is 6.54 Å². The number of carbonyl (C=O) groups excluding carboxylic acids is 2. The molecule has 2 amide bonds. The monoisotopic (exact) mass is 471 g/mol. The number of hydrogen-bond donors (Lipinski definition) is 3. The van der Waals surface area contributed by atoms with Crippen molar-refractivity contribution in [2.45, 2.75) is 58.4 Å². The number of nitrogens with zero attached hydrogens (tertiary/aromatic N) is 2. The van der Waals surface area contributed by atoms with Gasteiger partial charge in [0.05, 0.1) is 19.1 Å². The Morgan fingerprint density at radius 3 is 2.53 bits per heavy atom. The standard InChI is InChI=1S/C24H34BN3O6/c1-24(2,3)14-18(15-26)22(29)28-12-6-5-7-19(28)16-34-23(30)27-21(25(31)32)13-17-8-10-20(33-4)11-9-17/h8-11,14,19,21,31-32H,5-7,12-13,16H2,1-4H3,(H,27,30)/t19-,21+/m1/s1. The third kappa shape index (κ3) is 8.39. The van der Waals surface area contributed by atoms with Gasteiger partial charge in [0.1, 0.15) is 24.0 Å². The van der Waals surface area contributed by atoms with Gasteiger partial charge in [-0.2, -0.15) is 5.26 Å². The molecule has 10 heteroatoms. The van der Waals surface area contributed by atoms with Crippen LogP contribution in [0.3, 0.4) is 0 Å². The first-order chi connectivity index (χ1) is 16.0. The number of nitriles is 1. The maximum Gasteiger partial charge on any atom is 0.475 e. The molecule has 2 rings (SSSR count). The van der Waals surface area contributed by atoms with Gasteiger partial charge in [0.15, 0.2) is 0 Å². The van der Waals surface area contributed by atoms with Crippen molar-refractivity contribution in [2.75, 3.05) is 20.3 Å². The summed E-state index contributed by atoms with van der Waals surface area (Å²) in [5, 5.41) is 31.4. The van der Waals surface area contributed by atoms with E-state index in [0.29, 0.717) is 18.7 Å². The average molecular weight is 471 g/mol. The molecule has 1 aliphatic heterocycles. The van der Waals surface area contributed by atoms with Crippen LogP contribution in [0.15, 0.2) is 35.9 Å². The van der Waals surface area contributed by atoms with E-state index in [-0.39, 0.29) is 36.0 Å². The average Bonchev–Trinajstić information content (AvgIpc) is 2.80. The Labute approximate surface area is 201 Å². The maximum absolute atomic E-state index is 13.0. The van der Waals surface area contributed by atoms with Gasteiger partial charge in [0.25, 0.3) is 5.91 Å². The van der Waals surface area contributed by atoms with Gasteiger partial charge >= 0.3 is 13.2 Å². The van der Waals surface area contributed by atoms with Crippen LogP contribution in [-0.4, -0.2) is 66.3 Å². The summed E-state index contributed by atoms with van der Waals surface area (Å²) in [4.78, 5) is 27.0. The van der Waals surface area contributed by atoms with Crippen LogP contribution in [0, 0.1) is 16.7 Å². The molecular weight excluding hydrogens is 437 g/mol. The fraction of sp³-hybridized carbons (Fsp3) is 0.542. The minimum absolute atomic E-state index is 0.0530. The summed E-state index contributed by atoms with van der Waals surface area (Å²) < 4.78 is 10.5. The van der Waals surface area contributed by atoms with Crippen LogP contribution in [0.2, 0.25) is 0 Å². The largest absolute Gasteiger partial charge is 0.497 e. The molecule has 0 aliphatic carbocycles. The van der Waals surface area contributed by atoms with E-state index < -0.39 is 19.2 Å². The molecule has 1 aliphatic rings. The lowest BCUT2D eigenvalue weighted by molar-refractivity contribution is -0.131. The second-order valence-electron chi connectivity index (χ2n) is 9.50. The first-order valence-electron chi connectivity index (χ1n) is 11.4. The SMILES string of the molecule is COc1ccc(C[C@H](NC(=O)OC[C@H]2CCCCN2C(=O)C(C#N)=CC(C)(C)C)B(O)O)cc1. The van der Waals surface area contributed by atoms with Gasteiger partial charge in [-0.05, 0) is 48.8 Å². The van der Waals surface area contributed by atoms with Gasteiger partial charge in [-0.1, -0.05) is 39.0 Å². The lowest BCUT2D eigenvalue weighted by atomic mass is 9.76. The van der Waals surface area contributed by atoms with E-state index in [1.807, 2.05) is 26.8 Å². The van der Waals surface area contributed by atoms with Crippen molar-refractivity contribution in [3.63, 3.8) is 0 Å². The second-order valence-corrected chi connectivity index (χ2v) is 9.50. The number of benzene rings is 1. The molecule has 34 heavy (non-hydrogen) atoms. The number of allylic oxidation sites excluding steroid dienone is 1. The Balaban J connectivity index is 1.99. The minimum atomic E-state index is -1.79. The van der Waals surface area contributed by atoms with E-state index in [9.17, 15) is 24.9 Å². The van der Waals surface area contributed by atoms with Crippen LogP contribution in [0.25, 0.3) is 0 Å². The van der Waals surface area contributed by atoms with E-state index in [0.717, 1.165) is 18.4 Å².